The molecule has 0 spiro atoms. The Hall–Kier alpha value is -4.38. The van der Waals surface area contributed by atoms with E-state index in [9.17, 15) is 9.59 Å². The van der Waals surface area contributed by atoms with Gasteiger partial charge in [0.05, 0.1) is 0 Å². The lowest BCUT2D eigenvalue weighted by Gasteiger charge is -2.25. The molecule has 186 valence electrons. The van der Waals surface area contributed by atoms with Gasteiger partial charge in [-0.1, -0.05) is 109 Å². The number of rotatable bonds is 8. The molecular formula is C32H29NO4. The molecule has 4 aromatic carbocycles. The van der Waals surface area contributed by atoms with Crippen molar-refractivity contribution in [2.24, 2.45) is 0 Å². The van der Waals surface area contributed by atoms with Crippen LogP contribution in [0.25, 0.3) is 0 Å². The summed E-state index contributed by atoms with van der Waals surface area (Å²) in [5.41, 5.74) is 4.90. The zero-order valence-corrected chi connectivity index (χ0v) is 20.7. The maximum absolute atomic E-state index is 13.8. The lowest BCUT2D eigenvalue weighted by atomic mass is 9.86. The van der Waals surface area contributed by atoms with Crippen LogP contribution in [-0.2, 0) is 16.1 Å². The zero-order valence-electron chi connectivity index (χ0n) is 20.7. The van der Waals surface area contributed by atoms with E-state index in [4.69, 9.17) is 9.47 Å². The monoisotopic (exact) mass is 491 g/mol. The van der Waals surface area contributed by atoms with Crippen LogP contribution in [-0.4, -0.2) is 23.5 Å². The van der Waals surface area contributed by atoms with Crippen LogP contribution in [0.1, 0.15) is 46.2 Å². The van der Waals surface area contributed by atoms with E-state index in [2.05, 4.69) is 6.07 Å². The van der Waals surface area contributed by atoms with Gasteiger partial charge in [0.1, 0.15) is 25.0 Å². The number of nitrogens with zero attached hydrogens (tertiary/aromatic N) is 1. The van der Waals surface area contributed by atoms with E-state index in [1.54, 1.807) is 0 Å². The third-order valence-electron chi connectivity index (χ3n) is 6.68. The van der Waals surface area contributed by atoms with Gasteiger partial charge in [-0.05, 0) is 29.7 Å². The average molecular weight is 492 g/mol. The first-order valence-electron chi connectivity index (χ1n) is 12.5. The summed E-state index contributed by atoms with van der Waals surface area (Å²) < 4.78 is 11.6. The van der Waals surface area contributed by atoms with Crippen molar-refractivity contribution >= 4 is 12.0 Å². The van der Waals surface area contributed by atoms with Gasteiger partial charge in [-0.2, -0.15) is 0 Å². The quantitative estimate of drug-likeness (QED) is 0.271. The molecule has 1 aliphatic rings. The molecule has 0 N–H and O–H groups in total. The molecule has 0 aromatic heterocycles. The number of hydrogen-bond acceptors (Lipinski definition) is 4. The number of hydrogen-bond donors (Lipinski definition) is 0. The van der Waals surface area contributed by atoms with E-state index >= 15 is 0 Å². The summed E-state index contributed by atoms with van der Waals surface area (Å²) in [6.07, 6.45) is -0.497. The molecule has 4 aromatic rings. The SMILES string of the molecule is Cc1ccc(OCc2ccccc2)c(C(CC(=O)N2C(=O)OC[C@H]2c2ccccc2)c2ccccc2)c1. The highest BCUT2D eigenvalue weighted by Gasteiger charge is 2.40. The van der Waals surface area contributed by atoms with E-state index in [1.165, 1.54) is 4.90 Å². The predicted octanol–water partition coefficient (Wildman–Crippen LogP) is 6.82. The fourth-order valence-corrected chi connectivity index (χ4v) is 4.79. The Morgan fingerprint density at radius 1 is 0.919 bits per heavy atom. The minimum absolute atomic E-state index is 0.105. The van der Waals surface area contributed by atoms with Crippen LogP contribution in [0.4, 0.5) is 4.79 Å². The summed E-state index contributed by atoms with van der Waals surface area (Å²) in [6.45, 7) is 2.60. The first kappa shape index (κ1) is 24.3. The van der Waals surface area contributed by atoms with Crippen molar-refractivity contribution in [2.45, 2.75) is 31.9 Å². The molecule has 0 bridgehead atoms. The van der Waals surface area contributed by atoms with Gasteiger partial charge >= 0.3 is 6.09 Å². The molecule has 1 aliphatic heterocycles. The molecule has 5 nitrogen and oxygen atoms in total. The van der Waals surface area contributed by atoms with Gasteiger partial charge in [-0.25, -0.2) is 9.69 Å². The molecule has 0 aliphatic carbocycles. The number of amides is 2. The van der Waals surface area contributed by atoms with Crippen LogP contribution in [0.2, 0.25) is 0 Å². The van der Waals surface area contributed by atoms with Crippen LogP contribution in [0.3, 0.4) is 0 Å². The third-order valence-corrected chi connectivity index (χ3v) is 6.68. The summed E-state index contributed by atoms with van der Waals surface area (Å²) in [4.78, 5) is 27.7. The van der Waals surface area contributed by atoms with Crippen molar-refractivity contribution < 1.29 is 19.1 Å². The van der Waals surface area contributed by atoms with Crippen molar-refractivity contribution in [3.8, 4) is 5.75 Å². The maximum Gasteiger partial charge on any atom is 0.417 e. The molecule has 5 heteroatoms. The molecule has 0 saturated carbocycles. The molecule has 0 radical (unpaired) electrons. The standard InChI is InChI=1S/C32H29NO4/c1-23-17-18-30(36-21-24-11-5-2-6-12-24)28(19-23)27(25-13-7-3-8-14-25)20-31(34)33-29(22-37-32(33)35)26-15-9-4-10-16-26/h2-19,27,29H,20-22H2,1H3/t27?,29-/m0/s1. The summed E-state index contributed by atoms with van der Waals surface area (Å²) in [5.74, 6) is 0.143. The van der Waals surface area contributed by atoms with Crippen LogP contribution in [0.5, 0.6) is 5.75 Å². The Bertz CT molecular complexity index is 1360. The van der Waals surface area contributed by atoms with E-state index in [0.29, 0.717) is 6.61 Å². The fourth-order valence-electron chi connectivity index (χ4n) is 4.79. The molecule has 1 unspecified atom stereocenters. The Morgan fingerprint density at radius 3 is 2.27 bits per heavy atom. The highest BCUT2D eigenvalue weighted by Crippen LogP contribution is 2.38. The Labute approximate surface area is 217 Å². The van der Waals surface area contributed by atoms with Crippen molar-refractivity contribution in [3.05, 3.63) is 137 Å². The predicted molar refractivity (Wildman–Crippen MR) is 142 cm³/mol. The third kappa shape index (κ3) is 5.56. The number of aryl methyl sites for hydroxylation is 1. The average Bonchev–Trinajstić information content (AvgIpc) is 3.34. The van der Waals surface area contributed by atoms with Gasteiger partial charge in [0.2, 0.25) is 5.91 Å². The van der Waals surface area contributed by atoms with Gasteiger partial charge < -0.3 is 9.47 Å². The normalized spacial score (nSPS) is 15.8. The van der Waals surface area contributed by atoms with Gasteiger partial charge in [0.25, 0.3) is 0 Å². The minimum Gasteiger partial charge on any atom is -0.489 e. The topological polar surface area (TPSA) is 55.8 Å². The number of carbonyl (C=O) groups excluding carboxylic acids is 2. The Morgan fingerprint density at radius 2 is 1.57 bits per heavy atom. The molecule has 2 atom stereocenters. The minimum atomic E-state index is -0.601. The smallest absolute Gasteiger partial charge is 0.417 e. The summed E-state index contributed by atoms with van der Waals surface area (Å²) in [5, 5.41) is 0. The molecule has 2 amide bonds. The van der Waals surface area contributed by atoms with Crippen LogP contribution in [0.15, 0.2) is 109 Å². The first-order chi connectivity index (χ1) is 18.1. The number of cyclic esters (lactones) is 1. The van der Waals surface area contributed by atoms with Gasteiger partial charge in [-0.15, -0.1) is 0 Å². The van der Waals surface area contributed by atoms with Crippen molar-refractivity contribution in [1.29, 1.82) is 0 Å². The molecule has 1 fully saturated rings. The van der Waals surface area contributed by atoms with Gasteiger partial charge in [-0.3, -0.25) is 4.79 Å². The lowest BCUT2D eigenvalue weighted by Crippen LogP contribution is -2.35. The Balaban J connectivity index is 1.47. The molecule has 1 heterocycles. The number of imide groups is 1. The first-order valence-corrected chi connectivity index (χ1v) is 12.5. The Kier molecular flexibility index (Phi) is 7.31. The maximum atomic E-state index is 13.8. The number of benzene rings is 4. The van der Waals surface area contributed by atoms with Crippen LogP contribution >= 0.6 is 0 Å². The second-order valence-electron chi connectivity index (χ2n) is 9.25. The van der Waals surface area contributed by atoms with E-state index in [-0.39, 0.29) is 24.9 Å². The van der Waals surface area contributed by atoms with E-state index < -0.39 is 12.1 Å². The van der Waals surface area contributed by atoms with E-state index in [1.807, 2.05) is 110 Å². The summed E-state index contributed by atoms with van der Waals surface area (Å²) >= 11 is 0. The lowest BCUT2D eigenvalue weighted by molar-refractivity contribution is -0.129. The molecular weight excluding hydrogens is 462 g/mol. The van der Waals surface area contributed by atoms with E-state index in [0.717, 1.165) is 33.6 Å². The summed E-state index contributed by atoms with van der Waals surface area (Å²) in [7, 11) is 0. The van der Waals surface area contributed by atoms with Gasteiger partial charge in [0.15, 0.2) is 0 Å². The number of carbonyl (C=O) groups is 2. The second-order valence-corrected chi connectivity index (χ2v) is 9.25. The molecule has 1 saturated heterocycles. The zero-order chi connectivity index (χ0) is 25.6. The fraction of sp³-hybridized carbons (Fsp3) is 0.188. The van der Waals surface area contributed by atoms with Crippen molar-refractivity contribution in [2.75, 3.05) is 6.61 Å². The molecule has 5 rings (SSSR count). The summed E-state index contributed by atoms with van der Waals surface area (Å²) in [6, 6.07) is 35.0. The second kappa shape index (κ2) is 11.1. The van der Waals surface area contributed by atoms with Crippen molar-refractivity contribution in [1.82, 2.24) is 4.90 Å². The van der Waals surface area contributed by atoms with Crippen LogP contribution < -0.4 is 4.74 Å². The largest absolute Gasteiger partial charge is 0.489 e. The van der Waals surface area contributed by atoms with Gasteiger partial charge in [0, 0.05) is 17.9 Å². The molecule has 37 heavy (non-hydrogen) atoms. The number of ether oxygens (including phenoxy) is 2. The van der Waals surface area contributed by atoms with Crippen molar-refractivity contribution in [3.63, 3.8) is 0 Å². The van der Waals surface area contributed by atoms with Crippen LogP contribution in [0, 0.1) is 6.92 Å². The highest BCUT2D eigenvalue weighted by atomic mass is 16.6. The highest BCUT2D eigenvalue weighted by molar-refractivity contribution is 5.94.